The van der Waals surface area contributed by atoms with Gasteiger partial charge in [0.2, 0.25) is 0 Å². The van der Waals surface area contributed by atoms with E-state index < -0.39 is 0 Å². The van der Waals surface area contributed by atoms with Crippen molar-refractivity contribution in [2.75, 3.05) is 11.9 Å². The lowest BCUT2D eigenvalue weighted by atomic mass is 10.1. The van der Waals surface area contributed by atoms with E-state index in [1.807, 2.05) is 6.07 Å². The van der Waals surface area contributed by atoms with Gasteiger partial charge in [0.15, 0.2) is 0 Å². The van der Waals surface area contributed by atoms with E-state index in [4.69, 9.17) is 4.84 Å². The maximum atomic E-state index is 12.2. The van der Waals surface area contributed by atoms with Crippen molar-refractivity contribution in [3.63, 3.8) is 0 Å². The molecule has 2 amide bonds. The van der Waals surface area contributed by atoms with Gasteiger partial charge in [0.25, 0.3) is 11.8 Å². The van der Waals surface area contributed by atoms with Crippen molar-refractivity contribution in [1.29, 1.82) is 0 Å². The summed E-state index contributed by atoms with van der Waals surface area (Å²) in [6, 6.07) is 13.7. The first-order chi connectivity index (χ1) is 10.6. The van der Waals surface area contributed by atoms with Crippen LogP contribution in [0.4, 0.5) is 5.69 Å². The summed E-state index contributed by atoms with van der Waals surface area (Å²) in [6.45, 7) is 2.15. The van der Waals surface area contributed by atoms with Gasteiger partial charge in [0, 0.05) is 21.3 Å². The van der Waals surface area contributed by atoms with E-state index >= 15 is 0 Å². The van der Waals surface area contributed by atoms with Gasteiger partial charge in [-0.25, -0.2) is 5.48 Å². The van der Waals surface area contributed by atoms with Crippen LogP contribution in [0.15, 0.2) is 53.0 Å². The highest BCUT2D eigenvalue weighted by atomic mass is 79.9. The summed E-state index contributed by atoms with van der Waals surface area (Å²) in [4.78, 5) is 28.8. The van der Waals surface area contributed by atoms with Crippen molar-refractivity contribution in [3.8, 4) is 0 Å². The molecule has 0 aromatic heterocycles. The average molecular weight is 363 g/mol. The Labute approximate surface area is 136 Å². The van der Waals surface area contributed by atoms with Crippen LogP contribution in [0.2, 0.25) is 0 Å². The molecule has 0 saturated carbocycles. The highest BCUT2D eigenvalue weighted by molar-refractivity contribution is 9.10. The predicted octanol–water partition coefficient (Wildman–Crippen LogP) is 3.38. The van der Waals surface area contributed by atoms with E-state index in [1.54, 1.807) is 49.4 Å². The van der Waals surface area contributed by atoms with Gasteiger partial charge in [0.05, 0.1) is 6.61 Å². The molecule has 0 fully saturated rings. The van der Waals surface area contributed by atoms with Crippen molar-refractivity contribution in [2.45, 2.75) is 6.92 Å². The van der Waals surface area contributed by atoms with Crippen molar-refractivity contribution in [1.82, 2.24) is 5.48 Å². The number of anilines is 1. The van der Waals surface area contributed by atoms with Gasteiger partial charge in [0.1, 0.15) is 0 Å². The third-order valence-corrected chi connectivity index (χ3v) is 3.27. The Bertz CT molecular complexity index is 689. The summed E-state index contributed by atoms with van der Waals surface area (Å²) >= 11 is 3.32. The van der Waals surface area contributed by atoms with Crippen molar-refractivity contribution < 1.29 is 14.4 Å². The smallest absolute Gasteiger partial charge is 0.274 e. The third kappa shape index (κ3) is 4.41. The van der Waals surface area contributed by atoms with Gasteiger partial charge in [-0.15, -0.1) is 0 Å². The lowest BCUT2D eigenvalue weighted by Crippen LogP contribution is -2.23. The minimum atomic E-state index is -0.361. The molecule has 0 spiro atoms. The van der Waals surface area contributed by atoms with Crippen LogP contribution < -0.4 is 10.8 Å². The number of rotatable bonds is 5. The van der Waals surface area contributed by atoms with Crippen LogP contribution in [0.5, 0.6) is 0 Å². The molecule has 114 valence electrons. The lowest BCUT2D eigenvalue weighted by Gasteiger charge is -2.08. The topological polar surface area (TPSA) is 67.4 Å². The molecule has 5 nitrogen and oxygen atoms in total. The van der Waals surface area contributed by atoms with Gasteiger partial charge >= 0.3 is 0 Å². The number of halogens is 1. The van der Waals surface area contributed by atoms with E-state index in [0.29, 0.717) is 23.4 Å². The Morgan fingerprint density at radius 2 is 1.73 bits per heavy atom. The van der Waals surface area contributed by atoms with Gasteiger partial charge in [-0.3, -0.25) is 14.4 Å². The zero-order valence-electron chi connectivity index (χ0n) is 11.9. The number of hydroxylamine groups is 1. The molecular weight excluding hydrogens is 348 g/mol. The fraction of sp³-hybridized carbons (Fsp3) is 0.125. The van der Waals surface area contributed by atoms with Crippen molar-refractivity contribution in [3.05, 3.63) is 64.1 Å². The Balaban J connectivity index is 2.10. The number of benzene rings is 2. The molecule has 0 aliphatic carbocycles. The second-order valence-corrected chi connectivity index (χ2v) is 5.33. The second kappa shape index (κ2) is 7.72. The monoisotopic (exact) mass is 362 g/mol. The summed E-state index contributed by atoms with van der Waals surface area (Å²) < 4.78 is 0.824. The fourth-order valence-corrected chi connectivity index (χ4v) is 2.17. The molecule has 0 aliphatic rings. The Morgan fingerprint density at radius 3 is 2.41 bits per heavy atom. The quantitative estimate of drug-likeness (QED) is 0.801. The van der Waals surface area contributed by atoms with Crippen LogP contribution in [0.3, 0.4) is 0 Å². The summed E-state index contributed by atoms with van der Waals surface area (Å²) in [5.41, 5.74) is 3.78. The van der Waals surface area contributed by atoms with Crippen LogP contribution >= 0.6 is 15.9 Å². The standard InChI is InChI=1S/C16H15BrN2O3/c1-2-22-19-16(21)12-6-4-8-14(10-12)18-15(20)11-5-3-7-13(17)9-11/h3-10H,2H2,1H3,(H,18,20)(H,19,21). The molecule has 0 aliphatic heterocycles. The van der Waals surface area contributed by atoms with Gasteiger partial charge in [-0.2, -0.15) is 0 Å². The summed E-state index contributed by atoms with van der Waals surface area (Å²) in [5, 5.41) is 2.76. The molecule has 0 heterocycles. The number of hydrogen-bond donors (Lipinski definition) is 2. The zero-order valence-corrected chi connectivity index (χ0v) is 13.5. The number of carbonyl (C=O) groups excluding carboxylic acids is 2. The number of amides is 2. The molecule has 2 N–H and O–H groups in total. The number of carbonyl (C=O) groups is 2. The molecule has 0 saturated heterocycles. The normalized spacial score (nSPS) is 10.1. The van der Waals surface area contributed by atoms with Gasteiger partial charge in [-0.1, -0.05) is 28.1 Å². The minimum absolute atomic E-state index is 0.247. The molecule has 0 unspecified atom stereocenters. The Kier molecular flexibility index (Phi) is 5.68. The van der Waals surface area contributed by atoms with E-state index in [2.05, 4.69) is 26.7 Å². The molecule has 2 rings (SSSR count). The van der Waals surface area contributed by atoms with E-state index in [0.717, 1.165) is 4.47 Å². The Morgan fingerprint density at radius 1 is 1.05 bits per heavy atom. The van der Waals surface area contributed by atoms with Crippen LogP contribution in [-0.4, -0.2) is 18.4 Å². The highest BCUT2D eigenvalue weighted by Gasteiger charge is 2.09. The second-order valence-electron chi connectivity index (χ2n) is 4.41. The number of nitrogens with one attached hydrogen (secondary N) is 2. The molecule has 0 atom stereocenters. The van der Waals surface area contributed by atoms with Crippen molar-refractivity contribution in [2.24, 2.45) is 0 Å². The molecule has 22 heavy (non-hydrogen) atoms. The van der Waals surface area contributed by atoms with Crippen LogP contribution in [-0.2, 0) is 4.84 Å². The van der Waals surface area contributed by atoms with E-state index in [1.165, 1.54) is 0 Å². The predicted molar refractivity (Wildman–Crippen MR) is 87.6 cm³/mol. The summed E-state index contributed by atoms with van der Waals surface area (Å²) in [7, 11) is 0. The maximum absolute atomic E-state index is 12.2. The first-order valence-electron chi connectivity index (χ1n) is 6.69. The summed E-state index contributed by atoms with van der Waals surface area (Å²) in [5.74, 6) is -0.607. The molecule has 2 aromatic rings. The summed E-state index contributed by atoms with van der Waals surface area (Å²) in [6.07, 6.45) is 0. The Hall–Kier alpha value is -2.18. The van der Waals surface area contributed by atoms with Gasteiger partial charge in [-0.05, 0) is 43.3 Å². The van der Waals surface area contributed by atoms with Crippen LogP contribution in [0, 0.1) is 0 Å². The first-order valence-corrected chi connectivity index (χ1v) is 7.48. The molecule has 0 radical (unpaired) electrons. The average Bonchev–Trinajstić information content (AvgIpc) is 2.52. The maximum Gasteiger partial charge on any atom is 0.274 e. The van der Waals surface area contributed by atoms with Gasteiger partial charge < -0.3 is 5.32 Å². The number of hydrogen-bond acceptors (Lipinski definition) is 3. The zero-order chi connectivity index (χ0) is 15.9. The first kappa shape index (κ1) is 16.2. The van der Waals surface area contributed by atoms with E-state index in [-0.39, 0.29) is 11.8 Å². The molecule has 6 heteroatoms. The SMILES string of the molecule is CCONC(=O)c1cccc(NC(=O)c2cccc(Br)c2)c1. The van der Waals surface area contributed by atoms with Crippen molar-refractivity contribution >= 4 is 33.4 Å². The third-order valence-electron chi connectivity index (χ3n) is 2.78. The molecule has 2 aromatic carbocycles. The largest absolute Gasteiger partial charge is 0.322 e. The van der Waals surface area contributed by atoms with E-state index in [9.17, 15) is 9.59 Å². The molecular formula is C16H15BrN2O3. The fourth-order valence-electron chi connectivity index (χ4n) is 1.77. The minimum Gasteiger partial charge on any atom is -0.322 e. The highest BCUT2D eigenvalue weighted by Crippen LogP contribution is 2.15. The van der Waals surface area contributed by atoms with Crippen LogP contribution in [0.1, 0.15) is 27.6 Å². The molecule has 0 bridgehead atoms. The lowest BCUT2D eigenvalue weighted by molar-refractivity contribution is 0.0364. The van der Waals surface area contributed by atoms with Crippen LogP contribution in [0.25, 0.3) is 0 Å².